The van der Waals surface area contributed by atoms with Crippen molar-refractivity contribution in [1.29, 1.82) is 5.26 Å². The van der Waals surface area contributed by atoms with E-state index in [2.05, 4.69) is 35.0 Å². The van der Waals surface area contributed by atoms with Crippen LogP contribution in [0.4, 0.5) is 11.4 Å². The SMILES string of the molecule is CCCCC(=O)N(Cc1cncn1Cc1ccc(C#N)cc1)c1ccc(N2CCN(C(=O)c3ccc(Cl)s3)CC2)cc1. The van der Waals surface area contributed by atoms with Gasteiger partial charge in [-0.05, 0) is 60.5 Å². The van der Waals surface area contributed by atoms with Gasteiger partial charge < -0.3 is 19.3 Å². The number of aromatic nitrogens is 2. The fourth-order valence-corrected chi connectivity index (χ4v) is 6.06. The van der Waals surface area contributed by atoms with E-state index in [-0.39, 0.29) is 11.8 Å². The van der Waals surface area contributed by atoms with E-state index in [9.17, 15) is 9.59 Å². The summed E-state index contributed by atoms with van der Waals surface area (Å²) in [5.74, 6) is 0.109. The highest BCUT2D eigenvalue weighted by Gasteiger charge is 2.24. The van der Waals surface area contributed by atoms with Gasteiger partial charge in [-0.1, -0.05) is 37.1 Å². The van der Waals surface area contributed by atoms with Crippen LogP contribution in [0.5, 0.6) is 0 Å². The number of piperazine rings is 1. The number of carbonyl (C=O) groups is 2. The van der Waals surface area contributed by atoms with Crippen molar-refractivity contribution in [2.24, 2.45) is 0 Å². The van der Waals surface area contributed by atoms with E-state index < -0.39 is 0 Å². The lowest BCUT2D eigenvalue weighted by atomic mass is 10.1. The molecule has 0 unspecified atom stereocenters. The molecule has 0 spiro atoms. The molecule has 216 valence electrons. The zero-order chi connectivity index (χ0) is 29.5. The molecular formula is C32H33ClN6O2S. The Balaban J connectivity index is 1.27. The van der Waals surface area contributed by atoms with E-state index in [4.69, 9.17) is 16.9 Å². The molecule has 0 bridgehead atoms. The number of nitriles is 1. The minimum atomic E-state index is 0.0292. The average molecular weight is 601 g/mol. The second kappa shape index (κ2) is 13.7. The van der Waals surface area contributed by atoms with Crippen LogP contribution in [0.15, 0.2) is 73.2 Å². The molecule has 1 saturated heterocycles. The third-order valence-corrected chi connectivity index (χ3v) is 8.70. The third kappa shape index (κ3) is 7.01. The lowest BCUT2D eigenvalue weighted by Gasteiger charge is -2.36. The number of rotatable bonds is 10. The summed E-state index contributed by atoms with van der Waals surface area (Å²) in [6.45, 7) is 5.84. The summed E-state index contributed by atoms with van der Waals surface area (Å²) in [5, 5.41) is 9.09. The van der Waals surface area contributed by atoms with Gasteiger partial charge in [0, 0.05) is 56.7 Å². The highest BCUT2D eigenvalue weighted by Crippen LogP contribution is 2.26. The molecule has 42 heavy (non-hydrogen) atoms. The maximum Gasteiger partial charge on any atom is 0.264 e. The number of amides is 2. The molecule has 5 rings (SSSR count). The van der Waals surface area contributed by atoms with E-state index >= 15 is 0 Å². The van der Waals surface area contributed by atoms with Gasteiger partial charge in [0.15, 0.2) is 0 Å². The van der Waals surface area contributed by atoms with Gasteiger partial charge in [0.25, 0.3) is 5.91 Å². The number of benzene rings is 2. The Labute approximate surface area is 255 Å². The van der Waals surface area contributed by atoms with Crippen molar-refractivity contribution < 1.29 is 9.59 Å². The minimum Gasteiger partial charge on any atom is -0.368 e. The van der Waals surface area contributed by atoms with E-state index in [0.29, 0.717) is 47.4 Å². The quantitative estimate of drug-likeness (QED) is 0.216. The van der Waals surface area contributed by atoms with Crippen LogP contribution in [0, 0.1) is 11.3 Å². The van der Waals surface area contributed by atoms with E-state index in [0.717, 1.165) is 48.6 Å². The van der Waals surface area contributed by atoms with E-state index in [1.807, 2.05) is 57.0 Å². The summed E-state index contributed by atoms with van der Waals surface area (Å²) < 4.78 is 2.66. The molecule has 4 aromatic rings. The molecule has 8 nitrogen and oxygen atoms in total. The summed E-state index contributed by atoms with van der Waals surface area (Å²) in [5.41, 5.74) is 4.52. The lowest BCUT2D eigenvalue weighted by molar-refractivity contribution is -0.118. The number of carbonyl (C=O) groups excluding carboxylic acids is 2. The van der Waals surface area contributed by atoms with Crippen LogP contribution < -0.4 is 9.80 Å². The van der Waals surface area contributed by atoms with Crippen LogP contribution >= 0.6 is 22.9 Å². The number of imidazole rings is 1. The molecule has 1 aliphatic rings. The minimum absolute atomic E-state index is 0.0292. The zero-order valence-corrected chi connectivity index (χ0v) is 25.2. The van der Waals surface area contributed by atoms with Crippen molar-refractivity contribution in [1.82, 2.24) is 14.5 Å². The molecule has 0 N–H and O–H groups in total. The number of halogens is 1. The molecule has 2 aromatic carbocycles. The maximum absolute atomic E-state index is 13.4. The fourth-order valence-electron chi connectivity index (χ4n) is 5.05. The van der Waals surface area contributed by atoms with Crippen LogP contribution in [0.2, 0.25) is 4.34 Å². The molecule has 0 saturated carbocycles. The Bertz CT molecular complexity index is 1550. The molecule has 3 heterocycles. The van der Waals surface area contributed by atoms with Gasteiger partial charge in [-0.15, -0.1) is 11.3 Å². The molecule has 10 heteroatoms. The Morgan fingerprint density at radius 1 is 1.02 bits per heavy atom. The summed E-state index contributed by atoms with van der Waals surface area (Å²) in [6.07, 6.45) is 5.85. The molecule has 0 atom stereocenters. The van der Waals surface area contributed by atoms with Crippen LogP contribution in [0.25, 0.3) is 0 Å². The molecule has 2 aromatic heterocycles. The van der Waals surface area contributed by atoms with Crippen LogP contribution in [0.3, 0.4) is 0 Å². The molecular weight excluding hydrogens is 568 g/mol. The molecule has 2 amide bonds. The van der Waals surface area contributed by atoms with Gasteiger partial charge in [-0.3, -0.25) is 9.59 Å². The zero-order valence-electron chi connectivity index (χ0n) is 23.6. The highest BCUT2D eigenvalue weighted by molar-refractivity contribution is 7.17. The molecule has 0 radical (unpaired) electrons. The summed E-state index contributed by atoms with van der Waals surface area (Å²) in [6, 6.07) is 21.3. The first-order chi connectivity index (χ1) is 20.4. The number of hydrogen-bond acceptors (Lipinski definition) is 6. The summed E-state index contributed by atoms with van der Waals surface area (Å²) in [7, 11) is 0. The van der Waals surface area contributed by atoms with Gasteiger partial charge in [0.2, 0.25) is 5.91 Å². The number of nitrogens with zero attached hydrogens (tertiary/aromatic N) is 6. The van der Waals surface area contributed by atoms with Crippen LogP contribution in [-0.2, 0) is 17.9 Å². The average Bonchev–Trinajstić information content (AvgIpc) is 3.67. The highest BCUT2D eigenvalue weighted by atomic mass is 35.5. The first-order valence-corrected chi connectivity index (χ1v) is 15.3. The normalized spacial score (nSPS) is 13.2. The van der Waals surface area contributed by atoms with Crippen molar-refractivity contribution in [2.45, 2.75) is 39.3 Å². The Morgan fingerprint density at radius 3 is 2.40 bits per heavy atom. The van der Waals surface area contributed by atoms with E-state index in [1.165, 1.54) is 11.3 Å². The topological polar surface area (TPSA) is 85.5 Å². The summed E-state index contributed by atoms with van der Waals surface area (Å²) in [4.78, 5) is 37.2. The first-order valence-electron chi connectivity index (χ1n) is 14.1. The van der Waals surface area contributed by atoms with Crippen molar-refractivity contribution in [3.63, 3.8) is 0 Å². The first kappa shape index (κ1) is 29.4. The van der Waals surface area contributed by atoms with Gasteiger partial charge >= 0.3 is 0 Å². The van der Waals surface area contributed by atoms with E-state index in [1.54, 1.807) is 18.5 Å². The van der Waals surface area contributed by atoms with Gasteiger partial charge in [0.1, 0.15) is 0 Å². The van der Waals surface area contributed by atoms with Crippen LogP contribution in [-0.4, -0.2) is 52.4 Å². The molecule has 1 fully saturated rings. The largest absolute Gasteiger partial charge is 0.368 e. The van der Waals surface area contributed by atoms with Crippen molar-refractivity contribution in [2.75, 3.05) is 36.0 Å². The smallest absolute Gasteiger partial charge is 0.264 e. The molecule has 0 aliphatic carbocycles. The second-order valence-corrected chi connectivity index (χ2v) is 12.0. The second-order valence-electron chi connectivity index (χ2n) is 10.3. The van der Waals surface area contributed by atoms with Crippen LogP contribution in [0.1, 0.15) is 52.7 Å². The lowest BCUT2D eigenvalue weighted by Crippen LogP contribution is -2.48. The van der Waals surface area contributed by atoms with Gasteiger partial charge in [0.05, 0.1) is 39.4 Å². The Morgan fingerprint density at radius 2 is 1.76 bits per heavy atom. The monoisotopic (exact) mass is 600 g/mol. The van der Waals surface area contributed by atoms with Gasteiger partial charge in [-0.2, -0.15) is 5.26 Å². The Hall–Kier alpha value is -4.13. The van der Waals surface area contributed by atoms with Gasteiger partial charge in [-0.25, -0.2) is 4.98 Å². The number of hydrogen-bond donors (Lipinski definition) is 0. The fraction of sp³-hybridized carbons (Fsp3) is 0.312. The Kier molecular flexibility index (Phi) is 9.57. The van der Waals surface area contributed by atoms with Crippen molar-refractivity contribution in [3.8, 4) is 6.07 Å². The predicted molar refractivity (Wildman–Crippen MR) is 167 cm³/mol. The van der Waals surface area contributed by atoms with Crippen molar-refractivity contribution >= 4 is 46.1 Å². The van der Waals surface area contributed by atoms with Crippen molar-refractivity contribution in [3.05, 3.63) is 99.2 Å². The number of anilines is 2. The predicted octanol–water partition coefficient (Wildman–Crippen LogP) is 6.20. The summed E-state index contributed by atoms with van der Waals surface area (Å²) >= 11 is 7.33. The maximum atomic E-state index is 13.4. The molecule has 1 aliphatic heterocycles. The number of unbranched alkanes of at least 4 members (excludes halogenated alkanes) is 1. The third-order valence-electron chi connectivity index (χ3n) is 7.48. The standard InChI is InChI=1S/C32H33ClN6O2S/c1-2-3-4-31(40)39(22-28-20-35-23-38(28)21-25-7-5-24(19-34)6-8-25)27-11-9-26(10-12-27)36-15-17-37(18-16-36)32(41)29-13-14-30(33)42-29/h5-14,20,23H,2-4,15-18,21-22H2,1H3. The number of thiophene rings is 1.